The van der Waals surface area contributed by atoms with Crippen LogP contribution in [0.5, 0.6) is 0 Å². The van der Waals surface area contributed by atoms with Gasteiger partial charge in [0.15, 0.2) is 11.5 Å². The topological polar surface area (TPSA) is 124 Å². The Bertz CT molecular complexity index is 925. The van der Waals surface area contributed by atoms with Crippen LogP contribution in [0.2, 0.25) is 0 Å². The number of pyridine rings is 1. The molecule has 134 valence electrons. The van der Waals surface area contributed by atoms with Gasteiger partial charge in [0.2, 0.25) is 0 Å². The first-order valence-corrected chi connectivity index (χ1v) is 8.52. The van der Waals surface area contributed by atoms with Crippen LogP contribution in [0.1, 0.15) is 46.6 Å². The van der Waals surface area contributed by atoms with Crippen molar-refractivity contribution in [3.63, 3.8) is 0 Å². The van der Waals surface area contributed by atoms with Crippen molar-refractivity contribution in [3.8, 4) is 11.9 Å². The number of carbonyl (C=O) groups excluding carboxylic acids is 1. The first kappa shape index (κ1) is 16.7. The number of aliphatic hydroxyl groups excluding tert-OH is 2. The first-order valence-electron chi connectivity index (χ1n) is 8.52. The van der Waals surface area contributed by atoms with Crippen molar-refractivity contribution in [2.45, 2.75) is 31.2 Å². The van der Waals surface area contributed by atoms with E-state index in [0.717, 1.165) is 24.1 Å². The van der Waals surface area contributed by atoms with Gasteiger partial charge in [-0.05, 0) is 31.7 Å². The maximum Gasteiger partial charge on any atom is 0.272 e. The second kappa shape index (κ2) is 5.90. The highest BCUT2D eigenvalue weighted by atomic mass is 16.3. The predicted molar refractivity (Wildman–Crippen MR) is 90.7 cm³/mol. The van der Waals surface area contributed by atoms with E-state index >= 15 is 0 Å². The molecule has 0 unspecified atom stereocenters. The second-order valence-corrected chi connectivity index (χ2v) is 7.28. The molecule has 0 spiro atoms. The molecule has 3 N–H and O–H groups in total. The van der Waals surface area contributed by atoms with Crippen LogP contribution < -0.4 is 5.32 Å². The Morgan fingerprint density at radius 2 is 2.27 bits per heavy atom. The zero-order chi connectivity index (χ0) is 18.5. The van der Waals surface area contributed by atoms with Gasteiger partial charge in [-0.3, -0.25) is 4.79 Å². The Labute approximate surface area is 150 Å². The maximum absolute atomic E-state index is 12.7. The summed E-state index contributed by atoms with van der Waals surface area (Å²) in [7, 11) is 0. The molecule has 0 aromatic carbocycles. The van der Waals surface area contributed by atoms with E-state index in [1.807, 2.05) is 0 Å². The van der Waals surface area contributed by atoms with Gasteiger partial charge in [0.05, 0.1) is 36.1 Å². The van der Waals surface area contributed by atoms with Crippen LogP contribution >= 0.6 is 0 Å². The molecule has 4 rings (SSSR count). The van der Waals surface area contributed by atoms with Gasteiger partial charge in [0, 0.05) is 23.7 Å². The molecular weight excluding hydrogens is 334 g/mol. The van der Waals surface area contributed by atoms with Crippen molar-refractivity contribution in [1.29, 1.82) is 5.26 Å². The first-order chi connectivity index (χ1) is 12.5. The van der Waals surface area contributed by atoms with Gasteiger partial charge in [-0.15, -0.1) is 0 Å². The number of rotatable bonds is 5. The number of amides is 1. The highest BCUT2D eigenvalue weighted by molar-refractivity contribution is 5.95. The lowest BCUT2D eigenvalue weighted by molar-refractivity contribution is 0.0718. The van der Waals surface area contributed by atoms with Crippen molar-refractivity contribution in [1.82, 2.24) is 20.1 Å². The third-order valence-electron chi connectivity index (χ3n) is 5.18. The fourth-order valence-corrected chi connectivity index (χ4v) is 3.54. The number of fused-ring (bicyclic) bond motifs is 3. The Hall–Kier alpha value is -2.76. The molecule has 2 aliphatic rings. The number of nitriles is 1. The minimum absolute atomic E-state index is 0.296. The zero-order valence-electron chi connectivity index (χ0n) is 14.3. The van der Waals surface area contributed by atoms with E-state index in [1.165, 1.54) is 0 Å². The van der Waals surface area contributed by atoms with Crippen LogP contribution in [0.25, 0.3) is 5.82 Å². The van der Waals surface area contributed by atoms with Crippen molar-refractivity contribution < 1.29 is 15.0 Å². The highest BCUT2D eigenvalue weighted by Crippen LogP contribution is 2.57. The van der Waals surface area contributed by atoms with Gasteiger partial charge in [0.25, 0.3) is 5.91 Å². The monoisotopic (exact) mass is 353 g/mol. The summed E-state index contributed by atoms with van der Waals surface area (Å²) in [5.41, 5.74) is 1.53. The minimum Gasteiger partial charge on any atom is -0.394 e. The molecule has 26 heavy (non-hydrogen) atoms. The number of nitrogens with one attached hydrogen (secondary N) is 1. The lowest BCUT2D eigenvalue weighted by atomic mass is 10.0. The third-order valence-corrected chi connectivity index (χ3v) is 5.18. The average molecular weight is 353 g/mol. The summed E-state index contributed by atoms with van der Waals surface area (Å²) in [5, 5.41) is 35.1. The zero-order valence-corrected chi connectivity index (χ0v) is 14.3. The van der Waals surface area contributed by atoms with E-state index in [-0.39, 0.29) is 13.2 Å². The third kappa shape index (κ3) is 2.57. The predicted octanol–water partition coefficient (Wildman–Crippen LogP) is 0.272. The van der Waals surface area contributed by atoms with Crippen molar-refractivity contribution in [3.05, 3.63) is 40.8 Å². The Kier molecular flexibility index (Phi) is 3.79. The van der Waals surface area contributed by atoms with Gasteiger partial charge in [-0.2, -0.15) is 10.4 Å². The summed E-state index contributed by atoms with van der Waals surface area (Å²) in [6, 6.07) is 5.36. The molecular formula is C18H19N5O3. The van der Waals surface area contributed by atoms with E-state index < -0.39 is 11.4 Å². The smallest absolute Gasteiger partial charge is 0.272 e. The molecule has 2 aromatic rings. The summed E-state index contributed by atoms with van der Waals surface area (Å²) >= 11 is 0. The molecule has 8 heteroatoms. The number of aromatic nitrogens is 3. The van der Waals surface area contributed by atoms with E-state index in [9.17, 15) is 15.0 Å². The van der Waals surface area contributed by atoms with Crippen LogP contribution in [0, 0.1) is 17.2 Å². The number of hydrogen-bond donors (Lipinski definition) is 3. The summed E-state index contributed by atoms with van der Waals surface area (Å²) in [6.45, 7) is 0.807. The lowest BCUT2D eigenvalue weighted by Crippen LogP contribution is -2.52. The SMILES string of the molecule is CC(CO)(CO)NC(=O)c1nn(-c2cc(C#N)ccn2)c2c1C[C@@H]1C[C@H]21. The Balaban J connectivity index is 1.75. The molecule has 0 bridgehead atoms. The van der Waals surface area contributed by atoms with Gasteiger partial charge in [-0.1, -0.05) is 0 Å². The molecule has 2 aliphatic carbocycles. The number of carbonyl (C=O) groups is 1. The Morgan fingerprint density at radius 3 is 2.96 bits per heavy atom. The van der Waals surface area contributed by atoms with Crippen LogP contribution in [0.4, 0.5) is 0 Å². The average Bonchev–Trinajstić information content (AvgIpc) is 3.16. The largest absolute Gasteiger partial charge is 0.394 e. The molecule has 0 radical (unpaired) electrons. The van der Waals surface area contributed by atoms with Crippen LogP contribution in [0.3, 0.4) is 0 Å². The second-order valence-electron chi connectivity index (χ2n) is 7.28. The molecule has 1 saturated carbocycles. The van der Waals surface area contributed by atoms with Crippen LogP contribution in [-0.2, 0) is 6.42 Å². The molecule has 2 heterocycles. The fraction of sp³-hybridized carbons (Fsp3) is 0.444. The lowest BCUT2D eigenvalue weighted by Gasteiger charge is -2.25. The van der Waals surface area contributed by atoms with Gasteiger partial charge in [-0.25, -0.2) is 9.67 Å². The molecule has 2 aromatic heterocycles. The van der Waals surface area contributed by atoms with Gasteiger partial charge < -0.3 is 15.5 Å². The number of nitrogens with zero attached hydrogens (tertiary/aromatic N) is 4. The van der Waals surface area contributed by atoms with Gasteiger partial charge in [0.1, 0.15) is 0 Å². The summed E-state index contributed by atoms with van der Waals surface area (Å²) in [6.07, 6.45) is 3.41. The number of aliphatic hydroxyl groups is 2. The van der Waals surface area contributed by atoms with E-state index in [1.54, 1.807) is 29.9 Å². The minimum atomic E-state index is -1.12. The molecule has 0 aliphatic heterocycles. The normalized spacial score (nSPS) is 20.2. The van der Waals surface area contributed by atoms with E-state index in [0.29, 0.717) is 28.9 Å². The Morgan fingerprint density at radius 1 is 1.50 bits per heavy atom. The summed E-state index contributed by atoms with van der Waals surface area (Å²) in [4.78, 5) is 17.1. The maximum atomic E-state index is 12.7. The molecule has 8 nitrogen and oxygen atoms in total. The fourth-order valence-electron chi connectivity index (χ4n) is 3.54. The van der Waals surface area contributed by atoms with Crippen molar-refractivity contribution in [2.24, 2.45) is 5.92 Å². The van der Waals surface area contributed by atoms with Crippen LogP contribution in [0.15, 0.2) is 18.3 Å². The molecule has 1 amide bonds. The summed E-state index contributed by atoms with van der Waals surface area (Å²) in [5.74, 6) is 0.984. The highest BCUT2D eigenvalue weighted by Gasteiger charge is 2.50. The van der Waals surface area contributed by atoms with Crippen LogP contribution in [-0.4, -0.2) is 49.6 Å². The quantitative estimate of drug-likeness (QED) is 0.709. The molecule has 0 saturated heterocycles. The van der Waals surface area contributed by atoms with Gasteiger partial charge >= 0.3 is 0 Å². The molecule has 2 atom stereocenters. The summed E-state index contributed by atoms with van der Waals surface area (Å²) < 4.78 is 1.66. The van der Waals surface area contributed by atoms with E-state index in [4.69, 9.17) is 5.26 Å². The van der Waals surface area contributed by atoms with Crippen molar-refractivity contribution >= 4 is 5.91 Å². The van der Waals surface area contributed by atoms with Crippen molar-refractivity contribution in [2.75, 3.05) is 13.2 Å². The standard InChI is InChI=1S/C18H19N5O3/c1-18(8-24,9-25)21-17(26)15-13-6-11-5-12(11)16(13)23(22-15)14-4-10(7-19)2-3-20-14/h2-4,11-12,24-25H,5-6,8-9H2,1H3,(H,21,26)/t11-,12-/m0/s1. The molecule has 1 fully saturated rings. The number of hydrogen-bond acceptors (Lipinski definition) is 6. The van der Waals surface area contributed by atoms with E-state index in [2.05, 4.69) is 21.5 Å².